The lowest BCUT2D eigenvalue weighted by Gasteiger charge is -2.11. The van der Waals surface area contributed by atoms with E-state index < -0.39 is 11.6 Å². The molecule has 0 aromatic carbocycles. The van der Waals surface area contributed by atoms with Gasteiger partial charge in [-0.1, -0.05) is 0 Å². The highest BCUT2D eigenvalue weighted by atomic mass is 19.1. The van der Waals surface area contributed by atoms with Gasteiger partial charge in [0, 0.05) is 36.7 Å². The molecule has 2 N–H and O–H groups in total. The minimum atomic E-state index is -0.541. The molecule has 3 heterocycles. The SMILES string of the molecule is Cc1cc(-c2ncc(CNc3ncnc(NCC4CC4)c3F)cc2F)ccn1. The average molecular weight is 382 g/mol. The number of aromatic nitrogens is 4. The van der Waals surface area contributed by atoms with Gasteiger partial charge in [0.1, 0.15) is 17.8 Å². The van der Waals surface area contributed by atoms with Crippen LogP contribution in [0.25, 0.3) is 11.3 Å². The molecule has 6 nitrogen and oxygen atoms in total. The zero-order valence-electron chi connectivity index (χ0n) is 15.4. The maximum absolute atomic E-state index is 14.5. The highest BCUT2D eigenvalue weighted by Crippen LogP contribution is 2.29. The first-order valence-electron chi connectivity index (χ1n) is 9.16. The van der Waals surface area contributed by atoms with E-state index in [-0.39, 0.29) is 23.9 Å². The molecule has 0 unspecified atom stereocenters. The maximum atomic E-state index is 14.5. The van der Waals surface area contributed by atoms with Gasteiger partial charge in [0.05, 0.1) is 0 Å². The van der Waals surface area contributed by atoms with E-state index in [0.29, 0.717) is 23.6 Å². The summed E-state index contributed by atoms with van der Waals surface area (Å²) in [6, 6.07) is 4.87. The zero-order valence-corrected chi connectivity index (χ0v) is 15.4. The number of nitrogens with one attached hydrogen (secondary N) is 2. The minimum absolute atomic E-state index is 0.0718. The third-order valence-corrected chi connectivity index (χ3v) is 4.57. The van der Waals surface area contributed by atoms with Crippen LogP contribution in [0.2, 0.25) is 0 Å². The standard InChI is InChI=1S/C20H20F2N6/c1-12-6-15(4-5-23-12)18-16(21)7-14(9-24-18)10-26-20-17(22)19(27-11-28-20)25-8-13-2-3-13/h4-7,9,11,13H,2-3,8,10H2,1H3,(H2,25,26,27,28). The van der Waals surface area contributed by atoms with Crippen LogP contribution in [-0.2, 0) is 6.54 Å². The normalized spacial score (nSPS) is 13.4. The number of halogens is 2. The summed E-state index contributed by atoms with van der Waals surface area (Å²) >= 11 is 0. The molecule has 1 aliphatic rings. The van der Waals surface area contributed by atoms with Crippen molar-refractivity contribution in [1.29, 1.82) is 0 Å². The summed E-state index contributed by atoms with van der Waals surface area (Å²) in [6.07, 6.45) is 6.81. The summed E-state index contributed by atoms with van der Waals surface area (Å²) in [5, 5.41) is 5.89. The fourth-order valence-electron chi connectivity index (χ4n) is 2.84. The van der Waals surface area contributed by atoms with Gasteiger partial charge >= 0.3 is 0 Å². The van der Waals surface area contributed by atoms with E-state index in [1.54, 1.807) is 24.5 Å². The van der Waals surface area contributed by atoms with Crippen molar-refractivity contribution in [2.75, 3.05) is 17.2 Å². The van der Waals surface area contributed by atoms with Crippen molar-refractivity contribution >= 4 is 11.6 Å². The largest absolute Gasteiger partial charge is 0.367 e. The Morgan fingerprint density at radius 3 is 2.54 bits per heavy atom. The molecule has 0 bridgehead atoms. The Hall–Kier alpha value is -3.16. The molecular weight excluding hydrogens is 362 g/mol. The summed E-state index contributed by atoms with van der Waals surface area (Å²) in [5.74, 6) is -0.137. The number of rotatable bonds is 7. The smallest absolute Gasteiger partial charge is 0.207 e. The fraction of sp³-hybridized carbons (Fsp3) is 0.300. The second kappa shape index (κ2) is 7.84. The molecule has 0 atom stereocenters. The van der Waals surface area contributed by atoms with Gasteiger partial charge in [0.15, 0.2) is 11.6 Å². The molecule has 3 aromatic heterocycles. The molecule has 0 radical (unpaired) electrons. The quantitative estimate of drug-likeness (QED) is 0.644. The molecule has 0 spiro atoms. The first-order chi connectivity index (χ1) is 13.6. The molecule has 0 aliphatic heterocycles. The molecule has 1 aliphatic carbocycles. The first kappa shape index (κ1) is 18.2. The van der Waals surface area contributed by atoms with Crippen LogP contribution in [0.4, 0.5) is 20.4 Å². The Labute approximate surface area is 161 Å². The van der Waals surface area contributed by atoms with Crippen LogP contribution in [0.15, 0.2) is 36.9 Å². The van der Waals surface area contributed by atoms with Crippen LogP contribution in [0, 0.1) is 24.5 Å². The Kier molecular flexibility index (Phi) is 5.10. The summed E-state index contributed by atoms with van der Waals surface area (Å²) in [6.45, 7) is 2.73. The number of hydrogen-bond acceptors (Lipinski definition) is 6. The van der Waals surface area contributed by atoms with Crippen LogP contribution in [0.1, 0.15) is 24.1 Å². The predicted molar refractivity (Wildman–Crippen MR) is 103 cm³/mol. The van der Waals surface area contributed by atoms with E-state index in [4.69, 9.17) is 0 Å². The van der Waals surface area contributed by atoms with E-state index in [0.717, 1.165) is 5.69 Å². The van der Waals surface area contributed by atoms with Crippen molar-refractivity contribution in [3.63, 3.8) is 0 Å². The first-order valence-corrected chi connectivity index (χ1v) is 9.16. The third kappa shape index (κ3) is 4.21. The number of hydrogen-bond donors (Lipinski definition) is 2. The highest BCUT2D eigenvalue weighted by molar-refractivity contribution is 5.60. The fourth-order valence-corrected chi connectivity index (χ4v) is 2.84. The summed E-state index contributed by atoms with van der Waals surface area (Å²) in [4.78, 5) is 16.2. The lowest BCUT2D eigenvalue weighted by atomic mass is 10.1. The van der Waals surface area contributed by atoms with Gasteiger partial charge in [-0.3, -0.25) is 9.97 Å². The summed E-state index contributed by atoms with van der Waals surface area (Å²) in [5.41, 5.74) is 2.29. The predicted octanol–water partition coefficient (Wildman–Crippen LogP) is 3.95. The molecule has 0 saturated heterocycles. The number of nitrogens with zero attached hydrogens (tertiary/aromatic N) is 4. The Balaban J connectivity index is 1.45. The summed E-state index contributed by atoms with van der Waals surface area (Å²) < 4.78 is 29.0. The monoisotopic (exact) mass is 382 g/mol. The Morgan fingerprint density at radius 1 is 1.04 bits per heavy atom. The van der Waals surface area contributed by atoms with E-state index >= 15 is 0 Å². The molecule has 4 rings (SSSR count). The molecule has 1 saturated carbocycles. The van der Waals surface area contributed by atoms with E-state index in [2.05, 4.69) is 30.6 Å². The van der Waals surface area contributed by atoms with Crippen LogP contribution in [-0.4, -0.2) is 26.5 Å². The van der Waals surface area contributed by atoms with Crippen molar-refractivity contribution in [2.24, 2.45) is 5.92 Å². The second-order valence-corrected chi connectivity index (χ2v) is 6.92. The van der Waals surface area contributed by atoms with Gasteiger partial charge in [-0.25, -0.2) is 14.4 Å². The highest BCUT2D eigenvalue weighted by Gasteiger charge is 2.22. The lowest BCUT2D eigenvalue weighted by molar-refractivity contribution is 0.617. The number of aryl methyl sites for hydroxylation is 1. The lowest BCUT2D eigenvalue weighted by Crippen LogP contribution is -2.11. The average Bonchev–Trinajstić information content (AvgIpc) is 3.51. The van der Waals surface area contributed by atoms with Crippen molar-refractivity contribution < 1.29 is 8.78 Å². The second-order valence-electron chi connectivity index (χ2n) is 6.92. The molecule has 144 valence electrons. The van der Waals surface area contributed by atoms with Gasteiger partial charge < -0.3 is 10.6 Å². The topological polar surface area (TPSA) is 75.6 Å². The Bertz CT molecular complexity index is 990. The van der Waals surface area contributed by atoms with Crippen molar-refractivity contribution in [2.45, 2.75) is 26.3 Å². The molecular formula is C20H20F2N6. The molecule has 8 heteroatoms. The summed E-state index contributed by atoms with van der Waals surface area (Å²) in [7, 11) is 0. The molecule has 3 aromatic rings. The van der Waals surface area contributed by atoms with E-state index in [1.807, 2.05) is 6.92 Å². The van der Waals surface area contributed by atoms with Crippen LogP contribution in [0.5, 0.6) is 0 Å². The van der Waals surface area contributed by atoms with Crippen LogP contribution in [0.3, 0.4) is 0 Å². The van der Waals surface area contributed by atoms with Crippen molar-refractivity contribution in [3.8, 4) is 11.3 Å². The van der Waals surface area contributed by atoms with Gasteiger partial charge in [0.25, 0.3) is 0 Å². The van der Waals surface area contributed by atoms with Gasteiger partial charge in [0.2, 0.25) is 5.82 Å². The zero-order chi connectivity index (χ0) is 19.5. The van der Waals surface area contributed by atoms with Gasteiger partial charge in [-0.2, -0.15) is 4.39 Å². The molecule has 28 heavy (non-hydrogen) atoms. The Morgan fingerprint density at radius 2 is 1.82 bits per heavy atom. The molecule has 0 amide bonds. The van der Waals surface area contributed by atoms with Crippen LogP contribution < -0.4 is 10.6 Å². The molecule has 1 fully saturated rings. The van der Waals surface area contributed by atoms with E-state index in [1.165, 1.54) is 25.2 Å². The third-order valence-electron chi connectivity index (χ3n) is 4.57. The maximum Gasteiger partial charge on any atom is 0.207 e. The van der Waals surface area contributed by atoms with Crippen molar-refractivity contribution in [1.82, 2.24) is 19.9 Å². The van der Waals surface area contributed by atoms with Crippen LogP contribution >= 0.6 is 0 Å². The van der Waals surface area contributed by atoms with Crippen molar-refractivity contribution in [3.05, 3.63) is 59.8 Å². The van der Waals surface area contributed by atoms with Gasteiger partial charge in [-0.15, -0.1) is 0 Å². The van der Waals surface area contributed by atoms with E-state index in [9.17, 15) is 8.78 Å². The number of anilines is 2. The van der Waals surface area contributed by atoms with Gasteiger partial charge in [-0.05, 0) is 49.4 Å². The minimum Gasteiger partial charge on any atom is -0.367 e. The number of pyridine rings is 2.